The van der Waals surface area contributed by atoms with Crippen LogP contribution in [-0.4, -0.2) is 38.5 Å². The van der Waals surface area contributed by atoms with E-state index in [0.717, 1.165) is 0 Å². The first-order valence-electron chi connectivity index (χ1n) is 3.35. The van der Waals surface area contributed by atoms with Crippen molar-refractivity contribution in [2.75, 3.05) is 19.7 Å². The number of hydrogen-bond acceptors (Lipinski definition) is 3. The highest BCUT2D eigenvalue weighted by Crippen LogP contribution is 2.18. The second kappa shape index (κ2) is 3.26. The van der Waals surface area contributed by atoms with Crippen LogP contribution < -0.4 is 0 Å². The monoisotopic (exact) mass is 199 g/mol. The van der Waals surface area contributed by atoms with Gasteiger partial charge in [-0.1, -0.05) is 0 Å². The summed E-state index contributed by atoms with van der Waals surface area (Å²) < 4.78 is 27.5. The Bertz CT molecular complexity index is 222. The average molecular weight is 200 g/mol. The minimum atomic E-state index is -3.49. The third-order valence-electron chi connectivity index (χ3n) is 1.53. The van der Waals surface area contributed by atoms with Crippen molar-refractivity contribution in [2.24, 2.45) is 0 Å². The van der Waals surface area contributed by atoms with E-state index in [4.69, 9.17) is 15.4 Å². The third-order valence-corrected chi connectivity index (χ3v) is 3.03. The molecule has 1 heterocycles. The van der Waals surface area contributed by atoms with Crippen molar-refractivity contribution < 1.29 is 13.2 Å². The van der Waals surface area contributed by atoms with Crippen LogP contribution in [0.1, 0.15) is 6.92 Å². The summed E-state index contributed by atoms with van der Waals surface area (Å²) in [5.41, 5.74) is 0. The summed E-state index contributed by atoms with van der Waals surface area (Å²) in [6.45, 7) is 3.26. The Balaban J connectivity index is 2.30. The Labute approximate surface area is 70.6 Å². The third kappa shape index (κ3) is 2.30. The Hall–Kier alpha value is 0.160. The normalized spacial score (nSPS) is 21.6. The number of ether oxygens (including phenoxy) is 1. The van der Waals surface area contributed by atoms with Crippen LogP contribution in [0.2, 0.25) is 0 Å². The molecule has 1 fully saturated rings. The van der Waals surface area contributed by atoms with Gasteiger partial charge in [0.25, 0.3) is 9.24 Å². The second-order valence-electron chi connectivity index (χ2n) is 2.34. The van der Waals surface area contributed by atoms with E-state index in [1.807, 2.05) is 6.92 Å². The molecule has 1 aliphatic heterocycles. The SMILES string of the molecule is CCOC1CN(S(=O)(=O)Cl)C1. The van der Waals surface area contributed by atoms with Gasteiger partial charge in [0, 0.05) is 30.4 Å². The van der Waals surface area contributed by atoms with Crippen LogP contribution in [0.5, 0.6) is 0 Å². The van der Waals surface area contributed by atoms with E-state index in [2.05, 4.69) is 0 Å². The van der Waals surface area contributed by atoms with Crippen LogP contribution in [0, 0.1) is 0 Å². The van der Waals surface area contributed by atoms with E-state index in [0.29, 0.717) is 19.7 Å². The standard InChI is InChI=1S/C5H10ClNO3S/c1-2-10-5-3-7(4-5)11(6,8)9/h5H,2-4H2,1H3. The van der Waals surface area contributed by atoms with Crippen LogP contribution in [-0.2, 0) is 14.0 Å². The molecule has 6 heteroatoms. The van der Waals surface area contributed by atoms with E-state index >= 15 is 0 Å². The zero-order chi connectivity index (χ0) is 8.48. The van der Waals surface area contributed by atoms with Gasteiger partial charge in [0.05, 0.1) is 6.10 Å². The summed E-state index contributed by atoms with van der Waals surface area (Å²) in [7, 11) is 1.55. The molecule has 0 unspecified atom stereocenters. The van der Waals surface area contributed by atoms with Gasteiger partial charge in [-0.05, 0) is 6.92 Å². The average Bonchev–Trinajstić information content (AvgIpc) is 1.74. The molecule has 1 aliphatic rings. The Morgan fingerprint density at radius 1 is 1.64 bits per heavy atom. The first-order valence-corrected chi connectivity index (χ1v) is 5.62. The van der Waals surface area contributed by atoms with Crippen LogP contribution in [0.3, 0.4) is 0 Å². The first kappa shape index (κ1) is 9.25. The minimum absolute atomic E-state index is 0.0357. The molecule has 0 aliphatic carbocycles. The highest BCUT2D eigenvalue weighted by atomic mass is 35.7. The lowest BCUT2D eigenvalue weighted by Gasteiger charge is -2.35. The number of rotatable bonds is 3. The fraction of sp³-hybridized carbons (Fsp3) is 1.00. The predicted octanol–water partition coefficient (Wildman–Crippen LogP) is 0.191. The molecule has 0 aromatic heterocycles. The molecule has 0 radical (unpaired) electrons. The number of nitrogens with zero attached hydrogens (tertiary/aromatic N) is 1. The van der Waals surface area contributed by atoms with Crippen molar-refractivity contribution >= 4 is 19.9 Å². The zero-order valence-corrected chi connectivity index (χ0v) is 7.73. The second-order valence-corrected chi connectivity index (χ2v) is 4.85. The van der Waals surface area contributed by atoms with Gasteiger partial charge in [-0.15, -0.1) is 0 Å². The molecule has 11 heavy (non-hydrogen) atoms. The predicted molar refractivity (Wildman–Crippen MR) is 41.8 cm³/mol. The molecule has 0 bridgehead atoms. The fourth-order valence-corrected chi connectivity index (χ4v) is 1.95. The van der Waals surface area contributed by atoms with E-state index in [1.165, 1.54) is 4.31 Å². The summed E-state index contributed by atoms with van der Waals surface area (Å²) in [4.78, 5) is 0. The number of halogens is 1. The molecular weight excluding hydrogens is 190 g/mol. The van der Waals surface area contributed by atoms with Gasteiger partial charge < -0.3 is 4.74 Å². The van der Waals surface area contributed by atoms with Crippen LogP contribution >= 0.6 is 10.7 Å². The molecule has 0 amide bonds. The van der Waals surface area contributed by atoms with Gasteiger partial charge in [-0.25, -0.2) is 0 Å². The van der Waals surface area contributed by atoms with Gasteiger partial charge >= 0.3 is 0 Å². The molecule has 0 atom stereocenters. The van der Waals surface area contributed by atoms with E-state index < -0.39 is 9.24 Å². The topological polar surface area (TPSA) is 46.6 Å². The van der Waals surface area contributed by atoms with Gasteiger partial charge in [-0.2, -0.15) is 12.7 Å². The van der Waals surface area contributed by atoms with Crippen LogP contribution in [0.25, 0.3) is 0 Å². The lowest BCUT2D eigenvalue weighted by molar-refractivity contribution is -0.0126. The Morgan fingerprint density at radius 2 is 2.18 bits per heavy atom. The highest BCUT2D eigenvalue weighted by Gasteiger charge is 2.34. The van der Waals surface area contributed by atoms with Crippen molar-refractivity contribution in [2.45, 2.75) is 13.0 Å². The zero-order valence-electron chi connectivity index (χ0n) is 6.16. The van der Waals surface area contributed by atoms with Gasteiger partial charge in [0.15, 0.2) is 0 Å². The lowest BCUT2D eigenvalue weighted by atomic mass is 10.2. The molecule has 4 nitrogen and oxygen atoms in total. The van der Waals surface area contributed by atoms with Gasteiger partial charge in [0.1, 0.15) is 0 Å². The molecule has 1 saturated heterocycles. The van der Waals surface area contributed by atoms with Crippen LogP contribution in [0.15, 0.2) is 0 Å². The van der Waals surface area contributed by atoms with Gasteiger partial charge in [0.2, 0.25) is 0 Å². The Kier molecular flexibility index (Phi) is 2.74. The summed E-state index contributed by atoms with van der Waals surface area (Å²) in [5, 5.41) is 0. The number of hydrogen-bond donors (Lipinski definition) is 0. The van der Waals surface area contributed by atoms with E-state index in [9.17, 15) is 8.42 Å². The molecule has 66 valence electrons. The molecule has 0 aromatic carbocycles. The summed E-state index contributed by atoms with van der Waals surface area (Å²) in [6, 6.07) is 0. The highest BCUT2D eigenvalue weighted by molar-refractivity contribution is 8.11. The Morgan fingerprint density at radius 3 is 2.55 bits per heavy atom. The van der Waals surface area contributed by atoms with Crippen molar-refractivity contribution in [1.29, 1.82) is 0 Å². The summed E-state index contributed by atoms with van der Waals surface area (Å²) in [5.74, 6) is 0. The maximum Gasteiger partial charge on any atom is 0.299 e. The quantitative estimate of drug-likeness (QED) is 0.610. The van der Waals surface area contributed by atoms with Crippen molar-refractivity contribution in [3.63, 3.8) is 0 Å². The van der Waals surface area contributed by atoms with Crippen LogP contribution in [0.4, 0.5) is 0 Å². The van der Waals surface area contributed by atoms with Crippen molar-refractivity contribution in [3.05, 3.63) is 0 Å². The lowest BCUT2D eigenvalue weighted by Crippen LogP contribution is -2.53. The van der Waals surface area contributed by atoms with Crippen molar-refractivity contribution in [3.8, 4) is 0 Å². The smallest absolute Gasteiger partial charge is 0.299 e. The van der Waals surface area contributed by atoms with E-state index in [1.54, 1.807) is 0 Å². The molecule has 0 saturated carbocycles. The van der Waals surface area contributed by atoms with Gasteiger partial charge in [-0.3, -0.25) is 0 Å². The largest absolute Gasteiger partial charge is 0.376 e. The molecule has 0 spiro atoms. The van der Waals surface area contributed by atoms with E-state index in [-0.39, 0.29) is 6.10 Å². The van der Waals surface area contributed by atoms with Crippen molar-refractivity contribution in [1.82, 2.24) is 4.31 Å². The maximum absolute atomic E-state index is 10.6. The first-order chi connectivity index (χ1) is 5.04. The molecule has 1 rings (SSSR count). The summed E-state index contributed by atoms with van der Waals surface area (Å²) in [6.07, 6.45) is 0.0357. The molecule has 0 N–H and O–H groups in total. The minimum Gasteiger partial charge on any atom is -0.376 e. The summed E-state index contributed by atoms with van der Waals surface area (Å²) >= 11 is 0. The molecular formula is C5H10ClNO3S. The molecule has 0 aromatic rings. The fourth-order valence-electron chi connectivity index (χ4n) is 0.920. The maximum atomic E-state index is 10.6.